The number of carbonyl (C=O) groups is 12. The van der Waals surface area contributed by atoms with Gasteiger partial charge < -0.3 is 67.5 Å². The van der Waals surface area contributed by atoms with E-state index in [1.807, 2.05) is 0 Å². The van der Waals surface area contributed by atoms with Crippen molar-refractivity contribution in [3.63, 3.8) is 0 Å². The molecule has 0 radical (unpaired) electrons. The number of amides is 2. The largest absolute Gasteiger partial charge is 0.466 e. The first-order chi connectivity index (χ1) is 37.5. The molecule has 2 heterocycles. The Balaban J connectivity index is 2.01. The van der Waals surface area contributed by atoms with E-state index in [0.29, 0.717) is 11.1 Å². The molecular formula is C52H64N2O24S2. The van der Waals surface area contributed by atoms with Gasteiger partial charge in [-0.05, 0) is 24.3 Å². The maximum absolute atomic E-state index is 13.8. The van der Waals surface area contributed by atoms with E-state index in [1.54, 1.807) is 24.3 Å². The molecule has 2 saturated heterocycles. The number of rotatable bonds is 22. The molecule has 2 fully saturated rings. The van der Waals surface area contributed by atoms with E-state index >= 15 is 0 Å². The number of nitrogens with one attached hydrogen (secondary N) is 2. The van der Waals surface area contributed by atoms with Crippen LogP contribution in [0.3, 0.4) is 0 Å². The molecule has 12 atom stereocenters. The van der Waals surface area contributed by atoms with E-state index in [-0.39, 0.29) is 11.5 Å². The summed E-state index contributed by atoms with van der Waals surface area (Å²) in [4.78, 5) is 147. The third kappa shape index (κ3) is 20.7. The van der Waals surface area contributed by atoms with Crippen molar-refractivity contribution in [1.82, 2.24) is 10.6 Å². The molecule has 1 aromatic rings. The fourth-order valence-corrected chi connectivity index (χ4v) is 10.4. The van der Waals surface area contributed by atoms with Gasteiger partial charge in [0.15, 0.2) is 24.4 Å². The summed E-state index contributed by atoms with van der Waals surface area (Å²) >= 11 is 1.60. The van der Waals surface area contributed by atoms with Gasteiger partial charge >= 0.3 is 59.7 Å². The number of ether oxygens (including phenoxy) is 12. The summed E-state index contributed by atoms with van der Waals surface area (Å²) in [6, 6.07) is 3.77. The first-order valence-corrected chi connectivity index (χ1v) is 26.2. The van der Waals surface area contributed by atoms with Crippen LogP contribution in [0.25, 0.3) is 0 Å². The van der Waals surface area contributed by atoms with Gasteiger partial charge in [-0.1, -0.05) is 23.7 Å². The molecule has 28 heteroatoms. The molecule has 26 nitrogen and oxygen atoms in total. The van der Waals surface area contributed by atoms with Gasteiger partial charge in [0.2, 0.25) is 21.7 Å². The molecule has 2 aliphatic rings. The summed E-state index contributed by atoms with van der Waals surface area (Å²) in [7, 11) is 2.13. The quantitative estimate of drug-likeness (QED) is 0.0925. The Kier molecular flexibility index (Phi) is 26.3. The monoisotopic (exact) mass is 1160 g/mol. The summed E-state index contributed by atoms with van der Waals surface area (Å²) < 4.78 is 66.7. The Labute approximate surface area is 469 Å². The van der Waals surface area contributed by atoms with Crippen LogP contribution in [-0.4, -0.2) is 181 Å². The zero-order chi connectivity index (χ0) is 60.1. The highest BCUT2D eigenvalue weighted by Crippen LogP contribution is 2.44. The summed E-state index contributed by atoms with van der Waals surface area (Å²) in [6.45, 7) is 9.41. The topological polar surface area (TPSA) is 340 Å². The van der Waals surface area contributed by atoms with Gasteiger partial charge in [-0.25, -0.2) is 9.59 Å². The Morgan fingerprint density at radius 3 is 1.10 bits per heavy atom. The highest BCUT2D eigenvalue weighted by Gasteiger charge is 2.60. The first kappa shape index (κ1) is 66.9. The van der Waals surface area contributed by atoms with E-state index < -0.39 is 168 Å². The van der Waals surface area contributed by atoms with Gasteiger partial charge in [-0.2, -0.15) is 0 Å². The average molecular weight is 1170 g/mol. The SMILES string of the molecule is COC(=O)[C@@]1(SCC#Cc2ccc(C#CCS[C@]3(C(=O)OC)C[C@H](OC(C)=O)[C@@H](NC(C)=O)[C@H]([C@H](OC(C)=O)[C@@H](COC(C)=O)OC(C)=O)O3)cc2)C[C@H](OC(C)=O)[C@@H](NC(C)=O)[C@H]([C@H](OC(C)=O)[C@@H](COC(C)=O)OC(C)=O)O1. The molecule has 0 aromatic heterocycles. The van der Waals surface area contributed by atoms with Gasteiger partial charge in [0.1, 0.15) is 37.6 Å². The maximum atomic E-state index is 13.8. The number of hydrogen-bond acceptors (Lipinski definition) is 26. The molecule has 438 valence electrons. The van der Waals surface area contributed by atoms with E-state index in [1.165, 1.54) is 0 Å². The number of esters is 10. The normalized spacial score (nSPS) is 23.4. The van der Waals surface area contributed by atoms with E-state index in [9.17, 15) is 57.5 Å². The minimum atomic E-state index is -2.09. The molecule has 0 saturated carbocycles. The van der Waals surface area contributed by atoms with Crippen molar-refractivity contribution in [2.75, 3.05) is 38.9 Å². The lowest BCUT2D eigenvalue weighted by Gasteiger charge is -2.48. The van der Waals surface area contributed by atoms with Crippen LogP contribution in [0.4, 0.5) is 0 Å². The molecule has 1 aromatic carbocycles. The number of methoxy groups -OCH3 is 2. The van der Waals surface area contributed by atoms with Crippen molar-refractivity contribution in [2.24, 2.45) is 0 Å². The molecule has 0 aliphatic carbocycles. The van der Waals surface area contributed by atoms with Crippen molar-refractivity contribution >= 4 is 95.0 Å². The summed E-state index contributed by atoms with van der Waals surface area (Å²) in [6.07, 6.45) is -13.4. The maximum Gasteiger partial charge on any atom is 0.349 e. The third-order valence-electron chi connectivity index (χ3n) is 11.1. The summed E-state index contributed by atoms with van der Waals surface area (Å²) in [5.74, 6) is 1.23. The fraction of sp³-hybridized carbons (Fsp3) is 0.577. The second-order valence-corrected chi connectivity index (χ2v) is 20.1. The van der Waals surface area contributed by atoms with E-state index in [4.69, 9.17) is 56.8 Å². The standard InChI is InChI=1S/C52H64N2O24S2/c1-27(55)53-43-39(71-31(5)59)23-51(49(65)67-11,77-47(43)45(75-35(9)63)41(73-33(7)61)25-69-29(3)57)79-21-13-15-37-17-19-38(20-18-37)16-14-22-80-52(50(66)68-12)24-40(72-32(6)60)44(54-28(2)56)48(78-52)46(76-36(10)64)42(74-34(8)62)26-70-30(4)58/h17-20,39-48H,21-26H2,1-12H3,(H,53,55)(H,54,56)/t39-,40-,41+,42+,43+,44+,45+,46+,47+,48+,51-,52-/m0/s1. The van der Waals surface area contributed by atoms with Crippen LogP contribution in [0.5, 0.6) is 0 Å². The number of thioether (sulfide) groups is 2. The van der Waals surface area contributed by atoms with E-state index in [2.05, 4.69) is 34.3 Å². The summed E-state index contributed by atoms with van der Waals surface area (Å²) in [5, 5.41) is 5.22. The van der Waals surface area contributed by atoms with Gasteiger partial charge in [0.25, 0.3) is 0 Å². The van der Waals surface area contributed by atoms with Crippen molar-refractivity contribution in [1.29, 1.82) is 0 Å². The zero-order valence-electron chi connectivity index (χ0n) is 45.9. The molecule has 0 spiro atoms. The Bertz CT molecular complexity index is 2430. The molecule has 0 bridgehead atoms. The van der Waals surface area contributed by atoms with Crippen molar-refractivity contribution < 1.29 is 114 Å². The second kappa shape index (κ2) is 31.4. The molecule has 80 heavy (non-hydrogen) atoms. The predicted molar refractivity (Wildman–Crippen MR) is 275 cm³/mol. The van der Waals surface area contributed by atoms with E-state index in [0.717, 1.165) is 107 Å². The average Bonchev–Trinajstić information content (AvgIpc) is 3.36. The van der Waals surface area contributed by atoms with Crippen LogP contribution in [-0.2, 0) is 114 Å². The zero-order valence-corrected chi connectivity index (χ0v) is 47.6. The van der Waals surface area contributed by atoms with Crippen LogP contribution >= 0.6 is 23.5 Å². The Morgan fingerprint density at radius 2 is 0.838 bits per heavy atom. The predicted octanol–water partition coefficient (Wildman–Crippen LogP) is 0.898. The summed E-state index contributed by atoms with van der Waals surface area (Å²) in [5.41, 5.74) is 0.931. The molecule has 3 rings (SSSR count). The van der Waals surface area contributed by atoms with Gasteiger partial charge in [0.05, 0.1) is 37.8 Å². The molecular weight excluding hydrogens is 1100 g/mol. The van der Waals surface area contributed by atoms with Gasteiger partial charge in [-0.3, -0.25) is 47.9 Å². The van der Waals surface area contributed by atoms with Gasteiger partial charge in [-0.15, -0.1) is 23.5 Å². The van der Waals surface area contributed by atoms with Crippen LogP contribution in [0, 0.1) is 23.7 Å². The first-order valence-electron chi connectivity index (χ1n) is 24.3. The molecule has 2 aliphatic heterocycles. The molecule has 2 amide bonds. The molecule has 2 N–H and O–H groups in total. The fourth-order valence-electron chi connectivity index (χ4n) is 8.31. The highest BCUT2D eigenvalue weighted by molar-refractivity contribution is 8.01. The van der Waals surface area contributed by atoms with Gasteiger partial charge in [0, 0.05) is 93.2 Å². The number of carbonyl (C=O) groups excluding carboxylic acids is 12. The van der Waals surface area contributed by atoms with Crippen LogP contribution < -0.4 is 10.6 Å². The van der Waals surface area contributed by atoms with Crippen LogP contribution in [0.15, 0.2) is 24.3 Å². The lowest BCUT2D eigenvalue weighted by atomic mass is 9.89. The Morgan fingerprint density at radius 1 is 0.512 bits per heavy atom. The second-order valence-electron chi connectivity index (χ2n) is 17.6. The lowest BCUT2D eigenvalue weighted by molar-refractivity contribution is -0.224. The van der Waals surface area contributed by atoms with Crippen molar-refractivity contribution in [3.8, 4) is 23.7 Å². The van der Waals surface area contributed by atoms with Crippen molar-refractivity contribution in [2.45, 2.75) is 153 Å². The molecule has 0 unspecified atom stereocenters. The third-order valence-corrected chi connectivity index (χ3v) is 13.5. The minimum Gasteiger partial charge on any atom is -0.466 e. The minimum absolute atomic E-state index is 0.162. The van der Waals surface area contributed by atoms with Crippen LogP contribution in [0.1, 0.15) is 93.2 Å². The number of hydrogen-bond donors (Lipinski definition) is 2. The number of benzene rings is 1. The lowest BCUT2D eigenvalue weighted by Crippen LogP contribution is -2.68. The highest BCUT2D eigenvalue weighted by atomic mass is 32.2. The van der Waals surface area contributed by atoms with Crippen molar-refractivity contribution in [3.05, 3.63) is 35.4 Å². The smallest absolute Gasteiger partial charge is 0.349 e. The van der Waals surface area contributed by atoms with Crippen LogP contribution in [0.2, 0.25) is 0 Å². The Hall–Kier alpha value is -7.40.